The predicted octanol–water partition coefficient (Wildman–Crippen LogP) is 9.32. The van der Waals surface area contributed by atoms with E-state index in [-0.39, 0.29) is 0 Å². The van der Waals surface area contributed by atoms with Crippen LogP contribution in [0.15, 0.2) is 140 Å². The summed E-state index contributed by atoms with van der Waals surface area (Å²) < 4.78 is 7.72. The minimum Gasteiger partial charge on any atom is -0.456 e. The molecule has 0 atom stereocenters. The molecular weight excluding hydrogens is 490 g/mol. The molecule has 0 aliphatic rings. The normalized spacial score (nSPS) is 11.5. The van der Waals surface area contributed by atoms with E-state index in [4.69, 9.17) is 14.8 Å². The van der Waals surface area contributed by atoms with Crippen molar-refractivity contribution in [3.05, 3.63) is 140 Å². The molecule has 6 aromatic carbocycles. The number of para-hydroxylation sites is 1. The zero-order valence-electron chi connectivity index (χ0n) is 21.5. The lowest BCUT2D eigenvalue weighted by Gasteiger charge is -2.12. The maximum Gasteiger partial charge on any atom is 0.182 e. The first-order valence-electron chi connectivity index (χ1n) is 13.3. The van der Waals surface area contributed by atoms with Gasteiger partial charge in [0, 0.05) is 5.56 Å². The number of hydrogen-bond donors (Lipinski definition) is 0. The summed E-state index contributed by atoms with van der Waals surface area (Å²) in [6, 6.07) is 46.2. The van der Waals surface area contributed by atoms with Crippen molar-refractivity contribution in [2.24, 2.45) is 0 Å². The van der Waals surface area contributed by atoms with Gasteiger partial charge in [-0.05, 0) is 73.8 Å². The average molecular weight is 514 g/mol. The number of ether oxygens (including phenoxy) is 1. The number of aromatic nitrogens is 3. The van der Waals surface area contributed by atoms with Crippen molar-refractivity contribution in [3.8, 4) is 34.0 Å². The minimum absolute atomic E-state index is 0.680. The number of hydrogen-bond acceptors (Lipinski definition) is 3. The Hall–Kier alpha value is -5.48. The first-order chi connectivity index (χ1) is 19.8. The zero-order valence-corrected chi connectivity index (χ0v) is 21.5. The molecule has 8 aromatic rings. The predicted molar refractivity (Wildman–Crippen MR) is 163 cm³/mol. The van der Waals surface area contributed by atoms with E-state index >= 15 is 0 Å². The first-order valence-corrected chi connectivity index (χ1v) is 13.3. The van der Waals surface area contributed by atoms with Crippen LogP contribution in [0.4, 0.5) is 0 Å². The Morgan fingerprint density at radius 2 is 1.02 bits per heavy atom. The van der Waals surface area contributed by atoms with Gasteiger partial charge in [0.1, 0.15) is 11.5 Å². The minimum atomic E-state index is 0.680. The number of benzene rings is 6. The van der Waals surface area contributed by atoms with E-state index in [1.165, 1.54) is 37.9 Å². The van der Waals surface area contributed by atoms with Gasteiger partial charge in [0.15, 0.2) is 11.5 Å². The van der Waals surface area contributed by atoms with Crippen LogP contribution < -0.4 is 4.74 Å². The van der Waals surface area contributed by atoms with Crippen LogP contribution in [0, 0.1) is 0 Å². The highest BCUT2D eigenvalue weighted by molar-refractivity contribution is 6.25. The highest BCUT2D eigenvalue weighted by Crippen LogP contribution is 2.37. The SMILES string of the molecule is c1ccc(Oc2ccc3nc(-c4ccc(-c5ccc6c7ccccc7c7ccccc7c6c5)cc4)nn3c2)cc1. The van der Waals surface area contributed by atoms with Crippen LogP contribution >= 0.6 is 0 Å². The molecule has 40 heavy (non-hydrogen) atoms. The third-order valence-corrected chi connectivity index (χ3v) is 7.50. The summed E-state index contributed by atoms with van der Waals surface area (Å²) in [5.74, 6) is 2.18. The second-order valence-corrected chi connectivity index (χ2v) is 9.95. The van der Waals surface area contributed by atoms with Crippen LogP contribution in [0.3, 0.4) is 0 Å². The number of pyridine rings is 1. The monoisotopic (exact) mass is 513 g/mol. The largest absolute Gasteiger partial charge is 0.456 e. The lowest BCUT2D eigenvalue weighted by Crippen LogP contribution is -1.90. The Morgan fingerprint density at radius 1 is 0.450 bits per heavy atom. The van der Waals surface area contributed by atoms with E-state index in [2.05, 4.69) is 91.0 Å². The topological polar surface area (TPSA) is 39.4 Å². The summed E-state index contributed by atoms with van der Waals surface area (Å²) >= 11 is 0. The van der Waals surface area contributed by atoms with E-state index in [9.17, 15) is 0 Å². The molecule has 8 rings (SSSR count). The van der Waals surface area contributed by atoms with E-state index in [1.807, 2.05) is 48.7 Å². The first kappa shape index (κ1) is 22.5. The van der Waals surface area contributed by atoms with Crippen molar-refractivity contribution in [2.75, 3.05) is 0 Å². The van der Waals surface area contributed by atoms with Gasteiger partial charge in [-0.3, -0.25) is 0 Å². The van der Waals surface area contributed by atoms with Crippen molar-refractivity contribution in [1.82, 2.24) is 14.6 Å². The summed E-state index contributed by atoms with van der Waals surface area (Å²) in [7, 11) is 0. The number of nitrogens with zero attached hydrogens (tertiary/aromatic N) is 3. The Bertz CT molecular complexity index is 2150. The van der Waals surface area contributed by atoms with E-state index in [0.717, 1.165) is 22.5 Å². The van der Waals surface area contributed by atoms with E-state index in [1.54, 1.807) is 4.52 Å². The molecule has 0 bridgehead atoms. The van der Waals surface area contributed by atoms with Gasteiger partial charge >= 0.3 is 0 Å². The van der Waals surface area contributed by atoms with Crippen LogP contribution in [0.5, 0.6) is 11.5 Å². The molecule has 0 fully saturated rings. The standard InChI is InChI=1S/C36H23N3O/c1-2-8-27(9-3-1)40-28-19-21-35-37-36(38-39(35)23-28)25-16-14-24(15-17-25)26-18-20-33-31-12-5-4-10-29(31)30-11-6-7-13-32(30)34(33)22-26/h1-23H. The Balaban J connectivity index is 1.15. The number of fused-ring (bicyclic) bond motifs is 7. The van der Waals surface area contributed by atoms with Crippen molar-refractivity contribution in [2.45, 2.75) is 0 Å². The van der Waals surface area contributed by atoms with Crippen LogP contribution in [0.25, 0.3) is 60.5 Å². The highest BCUT2D eigenvalue weighted by Gasteiger charge is 2.11. The van der Waals surface area contributed by atoms with Crippen LogP contribution in [0.1, 0.15) is 0 Å². The molecule has 0 saturated heterocycles. The van der Waals surface area contributed by atoms with Crippen molar-refractivity contribution >= 4 is 38.0 Å². The summed E-state index contributed by atoms with van der Waals surface area (Å²) in [6.07, 6.45) is 1.86. The van der Waals surface area contributed by atoms with Gasteiger partial charge in [-0.25, -0.2) is 9.50 Å². The highest BCUT2D eigenvalue weighted by atomic mass is 16.5. The molecule has 4 nitrogen and oxygen atoms in total. The Kier molecular flexibility index (Phi) is 5.10. The molecule has 0 saturated carbocycles. The fraction of sp³-hybridized carbons (Fsp3) is 0. The van der Waals surface area contributed by atoms with Crippen LogP contribution in [-0.2, 0) is 0 Å². The smallest absolute Gasteiger partial charge is 0.182 e. The van der Waals surface area contributed by atoms with Crippen LogP contribution in [-0.4, -0.2) is 14.6 Å². The van der Waals surface area contributed by atoms with Gasteiger partial charge in [0.25, 0.3) is 0 Å². The maximum atomic E-state index is 5.96. The third-order valence-electron chi connectivity index (χ3n) is 7.50. The third kappa shape index (κ3) is 3.77. The van der Waals surface area contributed by atoms with E-state index in [0.29, 0.717) is 11.6 Å². The average Bonchev–Trinajstić information content (AvgIpc) is 3.45. The van der Waals surface area contributed by atoms with Gasteiger partial charge in [-0.15, -0.1) is 5.10 Å². The molecule has 0 amide bonds. The molecule has 0 unspecified atom stereocenters. The molecule has 0 spiro atoms. The zero-order chi connectivity index (χ0) is 26.5. The molecule has 0 N–H and O–H groups in total. The quantitative estimate of drug-likeness (QED) is 0.220. The van der Waals surface area contributed by atoms with Crippen LogP contribution in [0.2, 0.25) is 0 Å². The van der Waals surface area contributed by atoms with Gasteiger partial charge in [0.05, 0.1) is 6.20 Å². The lowest BCUT2D eigenvalue weighted by molar-refractivity contribution is 0.478. The summed E-state index contributed by atoms with van der Waals surface area (Å²) in [5, 5.41) is 12.4. The summed E-state index contributed by atoms with van der Waals surface area (Å²) in [5.41, 5.74) is 4.08. The Labute approximate surface area is 230 Å². The fourth-order valence-corrected chi connectivity index (χ4v) is 5.57. The molecule has 2 heterocycles. The second kappa shape index (κ2) is 9.07. The summed E-state index contributed by atoms with van der Waals surface area (Å²) in [4.78, 5) is 4.73. The van der Waals surface area contributed by atoms with Gasteiger partial charge in [-0.2, -0.15) is 0 Å². The molecular formula is C36H23N3O. The molecule has 0 aliphatic carbocycles. The van der Waals surface area contributed by atoms with Gasteiger partial charge in [-0.1, -0.05) is 103 Å². The number of rotatable bonds is 4. The molecule has 0 radical (unpaired) electrons. The Morgan fingerprint density at radius 3 is 1.73 bits per heavy atom. The van der Waals surface area contributed by atoms with Crippen molar-refractivity contribution in [3.63, 3.8) is 0 Å². The second-order valence-electron chi connectivity index (χ2n) is 9.95. The van der Waals surface area contributed by atoms with Gasteiger partial charge in [0.2, 0.25) is 0 Å². The summed E-state index contributed by atoms with van der Waals surface area (Å²) in [6.45, 7) is 0. The molecule has 0 aliphatic heterocycles. The molecule has 2 aromatic heterocycles. The lowest BCUT2D eigenvalue weighted by atomic mass is 9.92. The van der Waals surface area contributed by atoms with E-state index < -0.39 is 0 Å². The molecule has 4 heteroatoms. The maximum absolute atomic E-state index is 5.96. The van der Waals surface area contributed by atoms with Crippen molar-refractivity contribution in [1.29, 1.82) is 0 Å². The molecule has 188 valence electrons. The van der Waals surface area contributed by atoms with Gasteiger partial charge < -0.3 is 4.74 Å². The van der Waals surface area contributed by atoms with Crippen molar-refractivity contribution < 1.29 is 4.74 Å². The fourth-order valence-electron chi connectivity index (χ4n) is 5.57.